The second-order valence-corrected chi connectivity index (χ2v) is 9.13. The van der Waals surface area contributed by atoms with E-state index in [1.165, 1.54) is 4.90 Å². The number of nitrogens with one attached hydrogen (secondary N) is 1. The van der Waals surface area contributed by atoms with Crippen LogP contribution in [0.1, 0.15) is 5.56 Å². The van der Waals surface area contributed by atoms with Gasteiger partial charge < -0.3 is 4.74 Å². The second kappa shape index (κ2) is 8.44. The molecule has 0 atom stereocenters. The second-order valence-electron chi connectivity index (χ2n) is 6.02. The number of benzene rings is 2. The summed E-state index contributed by atoms with van der Waals surface area (Å²) in [6.07, 6.45) is 1.59. The number of nitrogens with zero attached hydrogens (tertiary/aromatic N) is 1. The van der Waals surface area contributed by atoms with Crippen LogP contribution in [0.3, 0.4) is 0 Å². The van der Waals surface area contributed by atoms with Crippen molar-refractivity contribution in [2.24, 2.45) is 0 Å². The molecular weight excluding hydrogens is 519 g/mol. The van der Waals surface area contributed by atoms with Crippen molar-refractivity contribution in [3.63, 3.8) is 0 Å². The van der Waals surface area contributed by atoms with Gasteiger partial charge in [-0.1, -0.05) is 18.2 Å². The molecule has 0 unspecified atom stereocenters. The Hall–Kier alpha value is -2.56. The van der Waals surface area contributed by atoms with Crippen LogP contribution in [0, 0.1) is 2.88 Å². The molecule has 144 valence electrons. The van der Waals surface area contributed by atoms with Crippen LogP contribution in [0.2, 0.25) is 0 Å². The van der Waals surface area contributed by atoms with Crippen molar-refractivity contribution in [3.8, 4) is 11.5 Å². The molecule has 0 radical (unpaired) electrons. The lowest BCUT2D eigenvalue weighted by Crippen LogP contribution is -2.54. The summed E-state index contributed by atoms with van der Waals surface area (Å²) in [6.45, 7) is 0. The van der Waals surface area contributed by atoms with Crippen LogP contribution in [0.5, 0.6) is 11.5 Å². The van der Waals surface area contributed by atoms with Crippen LogP contribution in [-0.2, 0) is 9.59 Å². The molecular formula is C21H13IN2O3S2. The predicted octanol–water partition coefficient (Wildman–Crippen LogP) is 4.98. The van der Waals surface area contributed by atoms with E-state index in [1.807, 2.05) is 41.8 Å². The summed E-state index contributed by atoms with van der Waals surface area (Å²) in [4.78, 5) is 26.7. The zero-order valence-electron chi connectivity index (χ0n) is 14.8. The molecule has 0 spiro atoms. The first-order chi connectivity index (χ1) is 14.0. The van der Waals surface area contributed by atoms with Crippen molar-refractivity contribution in [2.45, 2.75) is 0 Å². The monoisotopic (exact) mass is 532 g/mol. The number of hydrogen-bond acceptors (Lipinski definition) is 5. The van der Waals surface area contributed by atoms with Gasteiger partial charge in [0.1, 0.15) is 17.1 Å². The minimum absolute atomic E-state index is 0.0412. The fraction of sp³-hybridized carbons (Fsp3) is 0. The Morgan fingerprint density at radius 2 is 1.69 bits per heavy atom. The van der Waals surface area contributed by atoms with E-state index in [2.05, 4.69) is 27.9 Å². The van der Waals surface area contributed by atoms with Gasteiger partial charge in [-0.25, -0.2) is 0 Å². The van der Waals surface area contributed by atoms with Gasteiger partial charge in [0.2, 0.25) is 0 Å². The number of thiophene rings is 1. The SMILES string of the molecule is O=C1NC(=S)N(c2ccc(Oc3ccccc3)cc2)C(=O)/C1=C/c1ccsc1I. The normalized spacial score (nSPS) is 15.6. The molecule has 0 bridgehead atoms. The minimum atomic E-state index is -0.498. The van der Waals surface area contributed by atoms with Gasteiger partial charge in [0.05, 0.1) is 8.57 Å². The maximum atomic E-state index is 13.0. The molecule has 1 N–H and O–H groups in total. The Morgan fingerprint density at radius 1 is 1.00 bits per heavy atom. The molecule has 1 saturated heterocycles. The molecule has 4 rings (SSSR count). The van der Waals surface area contributed by atoms with Crippen molar-refractivity contribution in [1.29, 1.82) is 0 Å². The molecule has 0 saturated carbocycles. The Labute approximate surface area is 190 Å². The van der Waals surface area contributed by atoms with E-state index < -0.39 is 11.8 Å². The van der Waals surface area contributed by atoms with Gasteiger partial charge in [-0.2, -0.15) is 0 Å². The molecule has 8 heteroatoms. The first-order valence-electron chi connectivity index (χ1n) is 8.50. The number of amides is 2. The molecule has 29 heavy (non-hydrogen) atoms. The zero-order valence-corrected chi connectivity index (χ0v) is 18.6. The third-order valence-corrected chi connectivity index (χ3v) is 6.51. The number of carbonyl (C=O) groups excluding carboxylic acids is 2. The van der Waals surface area contributed by atoms with E-state index in [1.54, 1.807) is 41.7 Å². The number of para-hydroxylation sites is 1. The van der Waals surface area contributed by atoms with Gasteiger partial charge in [0, 0.05) is 0 Å². The highest BCUT2D eigenvalue weighted by Gasteiger charge is 2.34. The summed E-state index contributed by atoms with van der Waals surface area (Å²) >= 11 is 8.96. The van der Waals surface area contributed by atoms with E-state index >= 15 is 0 Å². The average Bonchev–Trinajstić information content (AvgIpc) is 3.12. The van der Waals surface area contributed by atoms with Gasteiger partial charge in [-0.05, 0) is 94.3 Å². The maximum Gasteiger partial charge on any atom is 0.270 e. The number of hydrogen-bond donors (Lipinski definition) is 1. The summed E-state index contributed by atoms with van der Waals surface area (Å²) in [5, 5.41) is 4.55. The number of carbonyl (C=O) groups is 2. The summed E-state index contributed by atoms with van der Waals surface area (Å²) < 4.78 is 6.78. The largest absolute Gasteiger partial charge is 0.457 e. The number of thiocarbonyl (C=S) groups is 1. The smallest absolute Gasteiger partial charge is 0.270 e. The summed E-state index contributed by atoms with van der Waals surface area (Å²) in [5.41, 5.74) is 1.42. The lowest BCUT2D eigenvalue weighted by Gasteiger charge is -2.29. The van der Waals surface area contributed by atoms with Crippen molar-refractivity contribution in [2.75, 3.05) is 4.90 Å². The molecule has 1 fully saturated rings. The Bertz CT molecular complexity index is 1120. The lowest BCUT2D eigenvalue weighted by molar-refractivity contribution is -0.122. The van der Waals surface area contributed by atoms with Gasteiger partial charge in [0.25, 0.3) is 11.8 Å². The molecule has 2 amide bonds. The minimum Gasteiger partial charge on any atom is -0.457 e. The first kappa shape index (κ1) is 19.7. The molecule has 2 heterocycles. The number of rotatable bonds is 4. The molecule has 1 aliphatic rings. The van der Waals surface area contributed by atoms with E-state index in [4.69, 9.17) is 17.0 Å². The number of halogens is 1. The van der Waals surface area contributed by atoms with Crippen molar-refractivity contribution < 1.29 is 14.3 Å². The molecule has 5 nitrogen and oxygen atoms in total. The summed E-state index contributed by atoms with van der Waals surface area (Å²) in [5.74, 6) is 0.385. The van der Waals surface area contributed by atoms with Crippen LogP contribution in [0.4, 0.5) is 5.69 Å². The predicted molar refractivity (Wildman–Crippen MR) is 126 cm³/mol. The third-order valence-electron chi connectivity index (χ3n) is 4.12. The molecule has 1 aromatic heterocycles. The lowest BCUT2D eigenvalue weighted by atomic mass is 10.1. The van der Waals surface area contributed by atoms with Crippen molar-refractivity contribution in [3.05, 3.63) is 80.1 Å². The zero-order chi connectivity index (χ0) is 20.4. The third kappa shape index (κ3) is 4.24. The van der Waals surface area contributed by atoms with E-state index in [0.29, 0.717) is 17.2 Å². The Balaban J connectivity index is 1.60. The van der Waals surface area contributed by atoms with Gasteiger partial charge in [0.15, 0.2) is 5.11 Å². The maximum absolute atomic E-state index is 13.0. The van der Waals surface area contributed by atoms with Crippen LogP contribution < -0.4 is 15.0 Å². The molecule has 0 aliphatic carbocycles. The van der Waals surface area contributed by atoms with E-state index in [-0.39, 0.29) is 10.7 Å². The molecule has 2 aromatic carbocycles. The summed E-state index contributed by atoms with van der Waals surface area (Å²) in [7, 11) is 0. The Kier molecular flexibility index (Phi) is 5.74. The quantitative estimate of drug-likeness (QED) is 0.223. The number of anilines is 1. The number of ether oxygens (including phenoxy) is 1. The summed E-state index contributed by atoms with van der Waals surface area (Å²) in [6, 6.07) is 18.2. The van der Waals surface area contributed by atoms with Crippen LogP contribution in [-0.4, -0.2) is 16.9 Å². The fourth-order valence-electron chi connectivity index (χ4n) is 2.74. The highest BCUT2D eigenvalue weighted by molar-refractivity contribution is 14.1. The van der Waals surface area contributed by atoms with E-state index in [9.17, 15) is 9.59 Å². The molecule has 1 aliphatic heterocycles. The van der Waals surface area contributed by atoms with Crippen LogP contribution >= 0.6 is 46.1 Å². The fourth-order valence-corrected chi connectivity index (χ4v) is 4.39. The first-order valence-corrected chi connectivity index (χ1v) is 10.9. The highest BCUT2D eigenvalue weighted by atomic mass is 127. The van der Waals surface area contributed by atoms with Crippen molar-refractivity contribution in [1.82, 2.24) is 5.32 Å². The topological polar surface area (TPSA) is 58.6 Å². The average molecular weight is 532 g/mol. The van der Waals surface area contributed by atoms with Crippen LogP contribution in [0.15, 0.2) is 71.6 Å². The standard InChI is InChI=1S/C21H13IN2O3S2/c22-18-13(10-11-29-18)12-17-19(25)23-21(28)24(20(17)26)14-6-8-16(9-7-14)27-15-4-2-1-3-5-15/h1-12H,(H,23,25,28)/b17-12+. The van der Waals surface area contributed by atoms with Gasteiger partial charge >= 0.3 is 0 Å². The van der Waals surface area contributed by atoms with Crippen LogP contribution in [0.25, 0.3) is 6.08 Å². The van der Waals surface area contributed by atoms with Crippen molar-refractivity contribution >= 4 is 74.8 Å². The Morgan fingerprint density at radius 3 is 2.34 bits per heavy atom. The van der Waals surface area contributed by atoms with E-state index in [0.717, 1.165) is 8.45 Å². The molecule has 3 aromatic rings. The highest BCUT2D eigenvalue weighted by Crippen LogP contribution is 2.28. The van der Waals surface area contributed by atoms with Gasteiger partial charge in [-0.3, -0.25) is 19.8 Å². The van der Waals surface area contributed by atoms with Gasteiger partial charge in [-0.15, -0.1) is 11.3 Å².